The third-order valence-corrected chi connectivity index (χ3v) is 4.02. The number of aromatic nitrogens is 1. The molecule has 6 nitrogen and oxygen atoms in total. The van der Waals surface area contributed by atoms with Gasteiger partial charge in [0.05, 0.1) is 25.8 Å². The Bertz CT molecular complexity index is 881. The third kappa shape index (κ3) is 2.51. The van der Waals surface area contributed by atoms with Crippen LogP contribution in [-0.4, -0.2) is 49.2 Å². The van der Waals surface area contributed by atoms with Crippen molar-refractivity contribution in [1.29, 1.82) is 0 Å². The highest BCUT2D eigenvalue weighted by Gasteiger charge is 2.22. The Labute approximate surface area is 132 Å². The maximum absolute atomic E-state index is 12.5. The average Bonchev–Trinajstić information content (AvgIpc) is 3.02. The molecule has 1 fully saturated rings. The van der Waals surface area contributed by atoms with E-state index in [9.17, 15) is 4.79 Å². The number of rotatable bonds is 2. The van der Waals surface area contributed by atoms with E-state index < -0.39 is 0 Å². The van der Waals surface area contributed by atoms with Gasteiger partial charge in [-0.15, -0.1) is 0 Å². The van der Waals surface area contributed by atoms with Crippen LogP contribution in [0, 0.1) is 0 Å². The molecule has 1 aromatic carbocycles. The van der Waals surface area contributed by atoms with Gasteiger partial charge < -0.3 is 18.8 Å². The molecule has 1 aliphatic rings. The molecule has 0 radical (unpaired) electrons. The molecule has 0 unspecified atom stereocenters. The van der Waals surface area contributed by atoms with Crippen molar-refractivity contribution in [2.45, 2.75) is 0 Å². The van der Waals surface area contributed by atoms with Gasteiger partial charge in [0.1, 0.15) is 5.75 Å². The second kappa shape index (κ2) is 5.55. The lowest BCUT2D eigenvalue weighted by Gasteiger charge is -2.25. The molecule has 1 saturated heterocycles. The molecule has 0 spiro atoms. The number of carbonyl (C=O) groups is 1. The predicted molar refractivity (Wildman–Crippen MR) is 84.8 cm³/mol. The van der Waals surface area contributed by atoms with Gasteiger partial charge in [-0.05, 0) is 24.3 Å². The number of methoxy groups -OCH3 is 1. The number of hydrogen-bond donors (Lipinski definition) is 0. The number of nitrogens with zero attached hydrogens (tertiary/aromatic N) is 2. The first-order valence-electron chi connectivity index (χ1n) is 7.50. The first kappa shape index (κ1) is 14.0. The number of pyridine rings is 1. The standard InChI is InChI=1S/C17H16N2O4/c1-21-13-3-2-11-8-12-9-15(23-16(12)18-14(11)10-13)17(20)19-4-6-22-7-5-19/h2-3,8-10H,4-7H2,1H3. The van der Waals surface area contributed by atoms with Crippen LogP contribution in [0.2, 0.25) is 0 Å². The van der Waals surface area contributed by atoms with Crippen molar-refractivity contribution in [3.8, 4) is 5.75 Å². The molecular formula is C17H16N2O4. The topological polar surface area (TPSA) is 64.8 Å². The van der Waals surface area contributed by atoms with E-state index in [1.54, 1.807) is 18.1 Å². The van der Waals surface area contributed by atoms with Gasteiger partial charge in [0.15, 0.2) is 5.76 Å². The van der Waals surface area contributed by atoms with Crippen LogP contribution in [0.5, 0.6) is 5.75 Å². The number of hydrogen-bond acceptors (Lipinski definition) is 5. The zero-order valence-corrected chi connectivity index (χ0v) is 12.7. The summed E-state index contributed by atoms with van der Waals surface area (Å²) in [6.45, 7) is 2.30. The van der Waals surface area contributed by atoms with E-state index in [-0.39, 0.29) is 5.91 Å². The van der Waals surface area contributed by atoms with Crippen LogP contribution >= 0.6 is 0 Å². The Kier molecular flexibility index (Phi) is 3.38. The fraction of sp³-hybridized carbons (Fsp3) is 0.294. The summed E-state index contributed by atoms with van der Waals surface area (Å²) in [6, 6.07) is 9.40. The number of carbonyl (C=O) groups excluding carboxylic acids is 1. The fourth-order valence-corrected chi connectivity index (χ4v) is 2.76. The zero-order chi connectivity index (χ0) is 15.8. The van der Waals surface area contributed by atoms with E-state index >= 15 is 0 Å². The third-order valence-electron chi connectivity index (χ3n) is 4.02. The molecule has 0 bridgehead atoms. The second-order valence-electron chi connectivity index (χ2n) is 5.46. The molecule has 1 aliphatic heterocycles. The quantitative estimate of drug-likeness (QED) is 0.727. The van der Waals surface area contributed by atoms with Crippen LogP contribution in [0.3, 0.4) is 0 Å². The molecule has 0 N–H and O–H groups in total. The maximum atomic E-state index is 12.5. The Morgan fingerprint density at radius 2 is 2.00 bits per heavy atom. The van der Waals surface area contributed by atoms with E-state index in [1.807, 2.05) is 24.3 Å². The van der Waals surface area contributed by atoms with Gasteiger partial charge in [-0.25, -0.2) is 4.98 Å². The molecule has 0 saturated carbocycles. The van der Waals surface area contributed by atoms with E-state index in [1.165, 1.54) is 0 Å². The van der Waals surface area contributed by atoms with Crippen LogP contribution in [0.1, 0.15) is 10.6 Å². The molecule has 2 aromatic heterocycles. The number of ether oxygens (including phenoxy) is 2. The number of benzene rings is 1. The van der Waals surface area contributed by atoms with E-state index in [4.69, 9.17) is 13.9 Å². The normalized spacial score (nSPS) is 15.3. The highest BCUT2D eigenvalue weighted by atomic mass is 16.5. The number of morpholine rings is 1. The van der Waals surface area contributed by atoms with Crippen molar-refractivity contribution in [1.82, 2.24) is 9.88 Å². The number of fused-ring (bicyclic) bond motifs is 2. The highest BCUT2D eigenvalue weighted by molar-refractivity contribution is 5.98. The molecule has 118 valence electrons. The molecule has 0 atom stereocenters. The lowest BCUT2D eigenvalue weighted by atomic mass is 10.2. The summed E-state index contributed by atoms with van der Waals surface area (Å²) in [5.74, 6) is 0.935. The highest BCUT2D eigenvalue weighted by Crippen LogP contribution is 2.26. The molecule has 1 amide bonds. The molecule has 3 heterocycles. The Morgan fingerprint density at radius 3 is 2.78 bits per heavy atom. The lowest BCUT2D eigenvalue weighted by molar-refractivity contribution is 0.0284. The van der Waals surface area contributed by atoms with Gasteiger partial charge in [0.25, 0.3) is 5.91 Å². The van der Waals surface area contributed by atoms with Crippen LogP contribution in [-0.2, 0) is 4.74 Å². The Morgan fingerprint density at radius 1 is 1.17 bits per heavy atom. The molecule has 0 aliphatic carbocycles. The minimum atomic E-state index is -0.118. The van der Waals surface area contributed by atoms with Gasteiger partial charge in [-0.3, -0.25) is 4.79 Å². The minimum absolute atomic E-state index is 0.118. The summed E-state index contributed by atoms with van der Waals surface area (Å²) >= 11 is 0. The van der Waals surface area contributed by atoms with Gasteiger partial charge in [0.2, 0.25) is 5.71 Å². The summed E-state index contributed by atoms with van der Waals surface area (Å²) < 4.78 is 16.2. The summed E-state index contributed by atoms with van der Waals surface area (Å²) in [7, 11) is 1.62. The van der Waals surface area contributed by atoms with Crippen molar-refractivity contribution in [3.63, 3.8) is 0 Å². The lowest BCUT2D eigenvalue weighted by Crippen LogP contribution is -2.40. The van der Waals surface area contributed by atoms with Crippen molar-refractivity contribution < 1.29 is 18.7 Å². The van der Waals surface area contributed by atoms with Crippen molar-refractivity contribution in [2.24, 2.45) is 0 Å². The average molecular weight is 312 g/mol. The molecule has 3 aromatic rings. The first-order valence-corrected chi connectivity index (χ1v) is 7.50. The SMILES string of the molecule is COc1ccc2cc3cc(C(=O)N4CCOCC4)oc3nc2c1. The van der Waals surface area contributed by atoms with E-state index in [0.29, 0.717) is 37.8 Å². The van der Waals surface area contributed by atoms with Gasteiger partial charge >= 0.3 is 0 Å². The smallest absolute Gasteiger partial charge is 0.289 e. The predicted octanol–water partition coefficient (Wildman–Crippen LogP) is 2.46. The van der Waals surface area contributed by atoms with Gasteiger partial charge in [-0.1, -0.05) is 0 Å². The van der Waals surface area contributed by atoms with Crippen LogP contribution in [0.4, 0.5) is 0 Å². The molecule has 6 heteroatoms. The number of amides is 1. The van der Waals surface area contributed by atoms with E-state index in [2.05, 4.69) is 4.98 Å². The molecule has 23 heavy (non-hydrogen) atoms. The fourth-order valence-electron chi connectivity index (χ4n) is 2.76. The number of furan rings is 1. The maximum Gasteiger partial charge on any atom is 0.289 e. The molecule has 4 rings (SSSR count). The van der Waals surface area contributed by atoms with Crippen molar-refractivity contribution >= 4 is 27.9 Å². The monoisotopic (exact) mass is 312 g/mol. The van der Waals surface area contributed by atoms with Gasteiger partial charge in [-0.2, -0.15) is 0 Å². The Balaban J connectivity index is 1.74. The van der Waals surface area contributed by atoms with Crippen LogP contribution in [0.25, 0.3) is 22.0 Å². The van der Waals surface area contributed by atoms with Crippen LogP contribution < -0.4 is 4.74 Å². The summed E-state index contributed by atoms with van der Waals surface area (Å²) in [5, 5.41) is 1.80. The summed E-state index contributed by atoms with van der Waals surface area (Å²) in [6.07, 6.45) is 0. The van der Waals surface area contributed by atoms with Crippen LogP contribution in [0.15, 0.2) is 34.7 Å². The summed E-state index contributed by atoms with van der Waals surface area (Å²) in [4.78, 5) is 18.7. The Hall–Kier alpha value is -2.60. The van der Waals surface area contributed by atoms with Crippen molar-refractivity contribution in [2.75, 3.05) is 33.4 Å². The first-order chi connectivity index (χ1) is 11.2. The minimum Gasteiger partial charge on any atom is -0.497 e. The van der Waals surface area contributed by atoms with Gasteiger partial charge in [0, 0.05) is 29.9 Å². The van der Waals surface area contributed by atoms with Crippen molar-refractivity contribution in [3.05, 3.63) is 36.1 Å². The zero-order valence-electron chi connectivity index (χ0n) is 12.7. The largest absolute Gasteiger partial charge is 0.497 e. The summed E-state index contributed by atoms with van der Waals surface area (Å²) in [5.41, 5.74) is 1.24. The van der Waals surface area contributed by atoms with E-state index in [0.717, 1.165) is 22.0 Å². The second-order valence-corrected chi connectivity index (χ2v) is 5.46. The molecular weight excluding hydrogens is 296 g/mol.